The van der Waals surface area contributed by atoms with E-state index in [1.807, 2.05) is 0 Å². The highest BCUT2D eigenvalue weighted by Crippen LogP contribution is 2.32. The number of nitrogens with zero attached hydrogens (tertiary/aromatic N) is 1. The number of Topliss-reactive ketones (excluding diaryl/α,β-unsaturated/α-hetero) is 1. The van der Waals surface area contributed by atoms with Crippen LogP contribution in [0, 0.1) is 5.92 Å². The summed E-state index contributed by atoms with van der Waals surface area (Å²) in [5, 5.41) is -0.363. The van der Waals surface area contributed by atoms with Gasteiger partial charge >= 0.3 is 6.18 Å². The molecule has 1 fully saturated rings. The van der Waals surface area contributed by atoms with Crippen LogP contribution in [0.1, 0.15) is 48.2 Å². The maximum Gasteiger partial charge on any atom is 0.433 e. The minimum atomic E-state index is -4.54. The fraction of sp³-hybridized carbons (Fsp3) is 0.538. The van der Waals surface area contributed by atoms with E-state index in [1.165, 1.54) is 0 Å². The van der Waals surface area contributed by atoms with Crippen LogP contribution in [-0.2, 0) is 6.18 Å². The number of hydrogen-bond acceptors (Lipinski definition) is 2. The number of halogens is 4. The number of hydrogen-bond donors (Lipinski definition) is 0. The minimum absolute atomic E-state index is 0.0848. The van der Waals surface area contributed by atoms with Gasteiger partial charge < -0.3 is 0 Å². The Hall–Kier alpha value is -1.10. The minimum Gasteiger partial charge on any atom is -0.294 e. The molecule has 1 aromatic heterocycles. The van der Waals surface area contributed by atoms with Crippen molar-refractivity contribution in [1.82, 2.24) is 4.98 Å². The number of rotatable bonds is 3. The van der Waals surface area contributed by atoms with Gasteiger partial charge in [-0.1, -0.05) is 37.3 Å². The number of aromatic nitrogens is 1. The number of alkyl halides is 3. The third kappa shape index (κ3) is 3.47. The van der Waals surface area contributed by atoms with Crippen molar-refractivity contribution in [3.63, 3.8) is 0 Å². The van der Waals surface area contributed by atoms with Gasteiger partial charge in [0.15, 0.2) is 5.78 Å². The molecule has 0 bridgehead atoms. The third-order valence-corrected chi connectivity index (χ3v) is 3.68. The van der Waals surface area contributed by atoms with Gasteiger partial charge in [0, 0.05) is 6.42 Å². The second kappa shape index (κ2) is 5.49. The van der Waals surface area contributed by atoms with Crippen molar-refractivity contribution >= 4 is 17.4 Å². The molecule has 6 heteroatoms. The normalized spacial score (nSPS) is 16.8. The van der Waals surface area contributed by atoms with E-state index in [9.17, 15) is 18.0 Å². The monoisotopic (exact) mass is 291 g/mol. The summed E-state index contributed by atoms with van der Waals surface area (Å²) < 4.78 is 37.3. The van der Waals surface area contributed by atoms with Gasteiger partial charge in [-0.15, -0.1) is 0 Å². The van der Waals surface area contributed by atoms with E-state index >= 15 is 0 Å². The first-order valence-corrected chi connectivity index (χ1v) is 6.52. The highest BCUT2D eigenvalue weighted by molar-refractivity contribution is 6.32. The molecule has 0 spiro atoms. The summed E-state index contributed by atoms with van der Waals surface area (Å²) in [4.78, 5) is 15.2. The lowest BCUT2D eigenvalue weighted by Gasteiger charge is -2.10. The Morgan fingerprint density at radius 1 is 1.32 bits per heavy atom. The molecule has 1 aliphatic rings. The zero-order valence-corrected chi connectivity index (χ0v) is 10.9. The Kier molecular flexibility index (Phi) is 4.13. The van der Waals surface area contributed by atoms with E-state index in [4.69, 9.17) is 11.6 Å². The van der Waals surface area contributed by atoms with Crippen molar-refractivity contribution < 1.29 is 18.0 Å². The Labute approximate surface area is 114 Å². The molecule has 2 rings (SSSR count). The Morgan fingerprint density at radius 2 is 1.95 bits per heavy atom. The van der Waals surface area contributed by atoms with Gasteiger partial charge in [-0.2, -0.15) is 13.2 Å². The maximum atomic E-state index is 12.4. The Morgan fingerprint density at radius 3 is 2.47 bits per heavy atom. The predicted octanol–water partition coefficient (Wildman–Crippen LogP) is 4.52. The average Bonchev–Trinajstić information content (AvgIpc) is 2.80. The maximum absolute atomic E-state index is 12.4. The van der Waals surface area contributed by atoms with Crippen LogP contribution in [0.2, 0.25) is 5.15 Å². The molecule has 0 N–H and O–H groups in total. The molecular formula is C13H13ClF3NO. The van der Waals surface area contributed by atoms with Crippen molar-refractivity contribution in [3.8, 4) is 0 Å². The SMILES string of the molecule is O=C(CC1CCCC1)c1ccc(C(F)(F)F)nc1Cl. The van der Waals surface area contributed by atoms with Crippen LogP contribution in [0.15, 0.2) is 12.1 Å². The van der Waals surface area contributed by atoms with Crippen LogP contribution in [0.25, 0.3) is 0 Å². The Bertz CT molecular complexity index is 481. The van der Waals surface area contributed by atoms with Crippen molar-refractivity contribution in [2.75, 3.05) is 0 Å². The standard InChI is InChI=1S/C13H13ClF3NO/c14-12-9(5-6-11(18-12)13(15,16)17)10(19)7-8-3-1-2-4-8/h5-6,8H,1-4,7H2. The summed E-state index contributed by atoms with van der Waals surface area (Å²) in [5.74, 6) is 0.101. The quantitative estimate of drug-likeness (QED) is 0.605. The van der Waals surface area contributed by atoms with Gasteiger partial charge in [0.1, 0.15) is 10.8 Å². The summed E-state index contributed by atoms with van der Waals surface area (Å²) >= 11 is 5.68. The molecule has 1 aliphatic carbocycles. The summed E-state index contributed by atoms with van der Waals surface area (Å²) in [5.41, 5.74) is -0.989. The molecule has 0 aromatic carbocycles. The summed E-state index contributed by atoms with van der Waals surface area (Å²) in [7, 11) is 0. The van der Waals surface area contributed by atoms with Crippen LogP contribution >= 0.6 is 11.6 Å². The molecule has 1 saturated carbocycles. The molecule has 19 heavy (non-hydrogen) atoms. The van der Waals surface area contributed by atoms with Crippen molar-refractivity contribution in [2.45, 2.75) is 38.3 Å². The highest BCUT2D eigenvalue weighted by atomic mass is 35.5. The molecular weight excluding hydrogens is 279 g/mol. The lowest BCUT2D eigenvalue weighted by atomic mass is 9.98. The molecule has 0 unspecified atom stereocenters. The second-order valence-electron chi connectivity index (χ2n) is 4.81. The first kappa shape index (κ1) is 14.3. The fourth-order valence-electron chi connectivity index (χ4n) is 2.39. The van der Waals surface area contributed by atoms with Crippen molar-refractivity contribution in [1.29, 1.82) is 0 Å². The topological polar surface area (TPSA) is 30.0 Å². The number of pyridine rings is 1. The average molecular weight is 292 g/mol. The van der Waals surface area contributed by atoms with Crippen molar-refractivity contribution in [2.24, 2.45) is 5.92 Å². The van der Waals surface area contributed by atoms with Crippen LogP contribution in [0.4, 0.5) is 13.2 Å². The molecule has 1 heterocycles. The Balaban J connectivity index is 2.14. The highest BCUT2D eigenvalue weighted by Gasteiger charge is 2.33. The van der Waals surface area contributed by atoms with Gasteiger partial charge in [0.25, 0.3) is 0 Å². The lowest BCUT2D eigenvalue weighted by molar-refractivity contribution is -0.141. The van der Waals surface area contributed by atoms with Crippen LogP contribution in [0.3, 0.4) is 0 Å². The van der Waals surface area contributed by atoms with Crippen LogP contribution < -0.4 is 0 Å². The first-order chi connectivity index (χ1) is 8.88. The number of carbonyl (C=O) groups excluding carboxylic acids is 1. The number of carbonyl (C=O) groups is 1. The molecule has 0 radical (unpaired) electrons. The van der Waals surface area contributed by atoms with Crippen LogP contribution in [-0.4, -0.2) is 10.8 Å². The van der Waals surface area contributed by atoms with Crippen LogP contribution in [0.5, 0.6) is 0 Å². The van der Waals surface area contributed by atoms with Gasteiger partial charge in [-0.25, -0.2) is 4.98 Å². The van der Waals surface area contributed by atoms with Gasteiger partial charge in [-0.05, 0) is 18.1 Å². The van der Waals surface area contributed by atoms with E-state index in [2.05, 4.69) is 4.98 Å². The molecule has 1 aromatic rings. The lowest BCUT2D eigenvalue weighted by Crippen LogP contribution is -2.11. The van der Waals surface area contributed by atoms with E-state index in [-0.39, 0.29) is 16.5 Å². The fourth-order valence-corrected chi connectivity index (χ4v) is 2.65. The summed E-state index contributed by atoms with van der Waals surface area (Å²) in [6, 6.07) is 1.92. The largest absolute Gasteiger partial charge is 0.433 e. The summed E-state index contributed by atoms with van der Waals surface area (Å²) in [6.07, 6.45) is 0.00611. The van der Waals surface area contributed by atoms with Gasteiger partial charge in [-0.3, -0.25) is 4.79 Å². The van der Waals surface area contributed by atoms with E-state index in [0.717, 1.165) is 37.8 Å². The predicted molar refractivity (Wildman–Crippen MR) is 65.2 cm³/mol. The summed E-state index contributed by atoms with van der Waals surface area (Å²) in [6.45, 7) is 0. The number of ketones is 1. The molecule has 0 aliphatic heterocycles. The molecule has 104 valence electrons. The van der Waals surface area contributed by atoms with Gasteiger partial charge in [0.2, 0.25) is 0 Å². The smallest absolute Gasteiger partial charge is 0.294 e. The van der Waals surface area contributed by atoms with E-state index < -0.39 is 11.9 Å². The molecule has 0 amide bonds. The van der Waals surface area contributed by atoms with E-state index in [0.29, 0.717) is 12.3 Å². The zero-order valence-electron chi connectivity index (χ0n) is 10.1. The molecule has 0 saturated heterocycles. The zero-order chi connectivity index (χ0) is 14.0. The van der Waals surface area contributed by atoms with Crippen molar-refractivity contribution in [3.05, 3.63) is 28.5 Å². The van der Waals surface area contributed by atoms with E-state index in [1.54, 1.807) is 0 Å². The first-order valence-electron chi connectivity index (χ1n) is 6.15. The molecule has 2 nitrogen and oxygen atoms in total. The third-order valence-electron chi connectivity index (χ3n) is 3.39. The second-order valence-corrected chi connectivity index (χ2v) is 5.17. The molecule has 0 atom stereocenters. The van der Waals surface area contributed by atoms with Gasteiger partial charge in [0.05, 0.1) is 5.56 Å².